The minimum absolute atomic E-state index is 0.122. The first-order valence-corrected chi connectivity index (χ1v) is 4.57. The van der Waals surface area contributed by atoms with E-state index in [1.54, 1.807) is 0 Å². The number of nitrogens with one attached hydrogen (secondary N) is 1. The lowest BCUT2D eigenvalue weighted by atomic mass is 10.1. The Morgan fingerprint density at radius 3 is 2.67 bits per heavy atom. The number of carbonyl (C=O) groups is 1. The van der Waals surface area contributed by atoms with Gasteiger partial charge in [0.1, 0.15) is 0 Å². The molecule has 1 atom stereocenters. The Hall–Kier alpha value is -0.790. The molecular weight excluding hydrogens is 150 g/mol. The van der Waals surface area contributed by atoms with Gasteiger partial charge in [0.2, 0.25) is 5.91 Å². The molecule has 0 saturated heterocycles. The van der Waals surface area contributed by atoms with Crippen molar-refractivity contribution in [3.05, 3.63) is 11.6 Å². The lowest BCUT2D eigenvalue weighted by Crippen LogP contribution is -2.27. The molecule has 1 amide bonds. The van der Waals surface area contributed by atoms with E-state index in [1.807, 2.05) is 13.0 Å². The van der Waals surface area contributed by atoms with Crippen LogP contribution in [-0.4, -0.2) is 12.5 Å². The molecule has 0 aromatic carbocycles. The van der Waals surface area contributed by atoms with Crippen molar-refractivity contribution in [2.45, 2.75) is 27.2 Å². The second kappa shape index (κ2) is 3.74. The summed E-state index contributed by atoms with van der Waals surface area (Å²) >= 11 is 0. The highest BCUT2D eigenvalue weighted by Gasteiger charge is 2.27. The standard InChI is InChI=1S/C10H17NO/c1-7(2)4-5-11-10(12)9-6-8(9)3/h6-7,9H,4-5H2,1-3H3,(H,11,12). The van der Waals surface area contributed by atoms with Gasteiger partial charge in [-0.1, -0.05) is 25.5 Å². The van der Waals surface area contributed by atoms with Gasteiger partial charge in [-0.2, -0.15) is 0 Å². The monoisotopic (exact) mass is 167 g/mol. The van der Waals surface area contributed by atoms with Crippen LogP contribution in [0, 0.1) is 11.8 Å². The zero-order valence-corrected chi connectivity index (χ0v) is 8.05. The van der Waals surface area contributed by atoms with Crippen LogP contribution in [0.2, 0.25) is 0 Å². The molecule has 0 heterocycles. The van der Waals surface area contributed by atoms with E-state index in [4.69, 9.17) is 0 Å². The van der Waals surface area contributed by atoms with Gasteiger partial charge in [-0.3, -0.25) is 4.79 Å². The first-order valence-electron chi connectivity index (χ1n) is 4.57. The molecule has 68 valence electrons. The van der Waals surface area contributed by atoms with E-state index in [-0.39, 0.29) is 11.8 Å². The van der Waals surface area contributed by atoms with Gasteiger partial charge in [0.05, 0.1) is 5.92 Å². The maximum atomic E-state index is 11.2. The first kappa shape index (κ1) is 9.30. The molecule has 0 fully saturated rings. The third-order valence-electron chi connectivity index (χ3n) is 2.11. The highest BCUT2D eigenvalue weighted by atomic mass is 16.1. The van der Waals surface area contributed by atoms with Gasteiger partial charge in [0.25, 0.3) is 0 Å². The van der Waals surface area contributed by atoms with Crippen molar-refractivity contribution < 1.29 is 4.79 Å². The van der Waals surface area contributed by atoms with Crippen LogP contribution in [0.15, 0.2) is 11.6 Å². The van der Waals surface area contributed by atoms with Gasteiger partial charge < -0.3 is 5.32 Å². The highest BCUT2D eigenvalue weighted by molar-refractivity contribution is 5.87. The van der Waals surface area contributed by atoms with Gasteiger partial charge in [-0.25, -0.2) is 0 Å². The molecule has 2 heteroatoms. The minimum Gasteiger partial charge on any atom is -0.355 e. The summed E-state index contributed by atoms with van der Waals surface area (Å²) in [5.41, 5.74) is 1.21. The molecule has 0 aliphatic heterocycles. The zero-order valence-electron chi connectivity index (χ0n) is 8.05. The lowest BCUT2D eigenvalue weighted by Gasteiger charge is -2.06. The maximum absolute atomic E-state index is 11.2. The Kier molecular flexibility index (Phi) is 2.90. The fourth-order valence-electron chi connectivity index (χ4n) is 1.09. The van der Waals surface area contributed by atoms with Crippen molar-refractivity contribution in [1.29, 1.82) is 0 Å². The predicted octanol–water partition coefficient (Wildman–Crippen LogP) is 1.72. The molecule has 0 saturated carbocycles. The SMILES string of the molecule is CC1=CC1C(=O)NCCC(C)C. The van der Waals surface area contributed by atoms with Gasteiger partial charge in [0, 0.05) is 6.54 Å². The lowest BCUT2D eigenvalue weighted by molar-refractivity contribution is -0.121. The summed E-state index contributed by atoms with van der Waals surface area (Å²) in [5, 5.41) is 2.92. The van der Waals surface area contributed by atoms with Crippen LogP contribution in [0.5, 0.6) is 0 Å². The van der Waals surface area contributed by atoms with Crippen molar-refractivity contribution in [2.24, 2.45) is 11.8 Å². The summed E-state index contributed by atoms with van der Waals surface area (Å²) < 4.78 is 0. The third kappa shape index (κ3) is 2.68. The van der Waals surface area contributed by atoms with Gasteiger partial charge in [-0.05, 0) is 19.3 Å². The molecule has 0 aromatic rings. The smallest absolute Gasteiger partial charge is 0.231 e. The van der Waals surface area contributed by atoms with Gasteiger partial charge in [-0.15, -0.1) is 0 Å². The number of hydrogen-bond acceptors (Lipinski definition) is 1. The maximum Gasteiger partial charge on any atom is 0.231 e. The minimum atomic E-state index is 0.122. The van der Waals surface area contributed by atoms with Crippen LogP contribution < -0.4 is 5.32 Å². The Labute approximate surface area is 74.0 Å². The summed E-state index contributed by atoms with van der Waals surface area (Å²) in [5.74, 6) is 0.962. The summed E-state index contributed by atoms with van der Waals surface area (Å²) in [7, 11) is 0. The van der Waals surface area contributed by atoms with E-state index in [9.17, 15) is 4.79 Å². The third-order valence-corrected chi connectivity index (χ3v) is 2.11. The van der Waals surface area contributed by atoms with Crippen molar-refractivity contribution in [1.82, 2.24) is 5.32 Å². The molecule has 2 nitrogen and oxygen atoms in total. The summed E-state index contributed by atoms with van der Waals surface area (Å²) in [6, 6.07) is 0. The molecule has 1 unspecified atom stereocenters. The summed E-state index contributed by atoms with van der Waals surface area (Å²) in [6.45, 7) is 7.13. The molecule has 0 bridgehead atoms. The summed E-state index contributed by atoms with van der Waals surface area (Å²) in [4.78, 5) is 11.2. The molecule has 1 rings (SSSR count). The molecule has 1 aliphatic carbocycles. The molecular formula is C10H17NO. The fourth-order valence-corrected chi connectivity index (χ4v) is 1.09. The Morgan fingerprint density at radius 1 is 1.67 bits per heavy atom. The predicted molar refractivity (Wildman–Crippen MR) is 49.7 cm³/mol. The number of amides is 1. The van der Waals surface area contributed by atoms with Crippen molar-refractivity contribution >= 4 is 5.91 Å². The Bertz CT molecular complexity index is 206. The van der Waals surface area contributed by atoms with Crippen molar-refractivity contribution in [2.75, 3.05) is 6.54 Å². The fraction of sp³-hybridized carbons (Fsp3) is 0.700. The zero-order chi connectivity index (χ0) is 9.14. The van der Waals surface area contributed by atoms with E-state index >= 15 is 0 Å². The first-order chi connectivity index (χ1) is 5.61. The van der Waals surface area contributed by atoms with Crippen LogP contribution in [0.4, 0.5) is 0 Å². The highest BCUT2D eigenvalue weighted by Crippen LogP contribution is 2.27. The number of hydrogen-bond donors (Lipinski definition) is 1. The topological polar surface area (TPSA) is 29.1 Å². The molecule has 0 spiro atoms. The van der Waals surface area contributed by atoms with Crippen molar-refractivity contribution in [3.8, 4) is 0 Å². The van der Waals surface area contributed by atoms with Gasteiger partial charge in [0.15, 0.2) is 0 Å². The molecule has 12 heavy (non-hydrogen) atoms. The average Bonchev–Trinajstić information content (AvgIpc) is 2.66. The Morgan fingerprint density at radius 2 is 2.25 bits per heavy atom. The average molecular weight is 167 g/mol. The van der Waals surface area contributed by atoms with E-state index in [0.29, 0.717) is 5.92 Å². The normalized spacial score (nSPS) is 20.7. The summed E-state index contributed by atoms with van der Waals surface area (Å²) in [6.07, 6.45) is 3.06. The van der Waals surface area contributed by atoms with Crippen LogP contribution in [0.1, 0.15) is 27.2 Å². The van der Waals surface area contributed by atoms with E-state index in [0.717, 1.165) is 13.0 Å². The van der Waals surface area contributed by atoms with E-state index in [1.165, 1.54) is 5.57 Å². The second-order valence-electron chi connectivity index (χ2n) is 3.86. The van der Waals surface area contributed by atoms with E-state index in [2.05, 4.69) is 19.2 Å². The largest absolute Gasteiger partial charge is 0.355 e. The van der Waals surface area contributed by atoms with Crippen LogP contribution >= 0.6 is 0 Å². The molecule has 0 aromatic heterocycles. The number of carbonyl (C=O) groups excluding carboxylic acids is 1. The second-order valence-corrected chi connectivity index (χ2v) is 3.86. The van der Waals surface area contributed by atoms with Crippen LogP contribution in [0.3, 0.4) is 0 Å². The molecule has 1 aliphatic rings. The van der Waals surface area contributed by atoms with Crippen molar-refractivity contribution in [3.63, 3.8) is 0 Å². The quantitative estimate of drug-likeness (QED) is 0.635. The number of rotatable bonds is 4. The molecule has 1 N–H and O–H groups in total. The molecule has 0 radical (unpaired) electrons. The van der Waals surface area contributed by atoms with Crippen LogP contribution in [-0.2, 0) is 4.79 Å². The van der Waals surface area contributed by atoms with E-state index < -0.39 is 0 Å². The van der Waals surface area contributed by atoms with Crippen LogP contribution in [0.25, 0.3) is 0 Å². The van der Waals surface area contributed by atoms with Gasteiger partial charge >= 0.3 is 0 Å². The Balaban J connectivity index is 2.04.